The largest absolute Gasteiger partial charge is 0.390 e. The molecular weight excluding hydrogens is 472 g/mol. The van der Waals surface area contributed by atoms with Crippen LogP contribution in [0, 0.1) is 17.0 Å². The van der Waals surface area contributed by atoms with Gasteiger partial charge in [-0.25, -0.2) is 8.78 Å². The minimum Gasteiger partial charge on any atom is -0.390 e. The highest BCUT2D eigenvalue weighted by atomic mass is 19.1. The Balaban J connectivity index is 1.73. The zero-order valence-electron chi connectivity index (χ0n) is 23.5. The molecule has 2 aromatic rings. The Morgan fingerprint density at radius 3 is 2.32 bits per heavy atom. The summed E-state index contributed by atoms with van der Waals surface area (Å²) in [6, 6.07) is 9.85. The molecule has 2 aromatic carbocycles. The lowest BCUT2D eigenvalue weighted by Gasteiger charge is -2.35. The molecule has 1 heterocycles. The third-order valence-electron chi connectivity index (χ3n) is 6.63. The molecular formula is C30H45F2N3O2. The first-order valence-electron chi connectivity index (χ1n) is 13.3. The Hall–Kier alpha value is -2.06. The van der Waals surface area contributed by atoms with E-state index in [1.807, 2.05) is 20.8 Å². The van der Waals surface area contributed by atoms with Crippen LogP contribution in [0.5, 0.6) is 0 Å². The summed E-state index contributed by atoms with van der Waals surface area (Å²) in [6.07, 6.45) is 1.39. The maximum atomic E-state index is 13.8. The summed E-state index contributed by atoms with van der Waals surface area (Å²) in [6.45, 7) is 14.1. The van der Waals surface area contributed by atoms with Gasteiger partial charge in [0.15, 0.2) is 0 Å². The molecule has 1 aliphatic rings. The lowest BCUT2D eigenvalue weighted by Crippen LogP contribution is -2.49. The second kappa shape index (κ2) is 12.2. The number of ether oxygens (including phenoxy) is 1. The van der Waals surface area contributed by atoms with Crippen molar-refractivity contribution in [1.29, 1.82) is 0 Å². The van der Waals surface area contributed by atoms with Crippen molar-refractivity contribution in [2.24, 2.45) is 5.41 Å². The first-order chi connectivity index (χ1) is 17.2. The highest BCUT2D eigenvalue weighted by Crippen LogP contribution is 2.35. The van der Waals surface area contributed by atoms with Crippen molar-refractivity contribution in [3.8, 4) is 0 Å². The van der Waals surface area contributed by atoms with E-state index in [2.05, 4.69) is 61.6 Å². The number of halogens is 2. The standard InChI is InChI=1S/C30H45F2N3O2/c1-29(2,3)17-20-8-9-27-24(14-20)25(10-11-35(27)7)33-18-28(36)26(34-19-37-30(4,5)6)15-21-12-22(31)16-23(32)13-21/h8-9,12-14,16,25-26,28,33-34,36H,10-11,15,17-19H2,1-7H3/t25?,26-,28+/m0/s1. The summed E-state index contributed by atoms with van der Waals surface area (Å²) < 4.78 is 33.4. The molecule has 0 fully saturated rings. The topological polar surface area (TPSA) is 56.8 Å². The summed E-state index contributed by atoms with van der Waals surface area (Å²) in [4.78, 5) is 2.28. The summed E-state index contributed by atoms with van der Waals surface area (Å²) in [5, 5.41) is 18.0. The molecule has 0 aromatic heterocycles. The predicted molar refractivity (Wildman–Crippen MR) is 147 cm³/mol. The number of aliphatic hydroxyl groups is 1. The third-order valence-corrected chi connectivity index (χ3v) is 6.63. The lowest BCUT2D eigenvalue weighted by molar-refractivity contribution is -0.0250. The van der Waals surface area contributed by atoms with E-state index < -0.39 is 23.8 Å². The van der Waals surface area contributed by atoms with Crippen LogP contribution in [0.4, 0.5) is 14.5 Å². The van der Waals surface area contributed by atoms with Gasteiger partial charge in [-0.15, -0.1) is 0 Å². The van der Waals surface area contributed by atoms with Crippen LogP contribution in [0.3, 0.4) is 0 Å². The molecule has 0 bridgehead atoms. The molecule has 206 valence electrons. The molecule has 0 saturated heterocycles. The van der Waals surface area contributed by atoms with Crippen LogP contribution in [-0.2, 0) is 17.6 Å². The fourth-order valence-corrected chi connectivity index (χ4v) is 4.86. The van der Waals surface area contributed by atoms with Gasteiger partial charge < -0.3 is 20.1 Å². The Labute approximate surface area is 221 Å². The van der Waals surface area contributed by atoms with Crippen molar-refractivity contribution in [3.05, 3.63) is 64.7 Å². The van der Waals surface area contributed by atoms with E-state index in [4.69, 9.17) is 4.74 Å². The van der Waals surface area contributed by atoms with Crippen LogP contribution in [0.15, 0.2) is 36.4 Å². The van der Waals surface area contributed by atoms with E-state index in [-0.39, 0.29) is 30.2 Å². The Bertz CT molecular complexity index is 1010. The zero-order chi connectivity index (χ0) is 27.4. The second-order valence-corrected chi connectivity index (χ2v) is 12.6. The highest BCUT2D eigenvalue weighted by Gasteiger charge is 2.27. The number of nitrogens with zero attached hydrogens (tertiary/aromatic N) is 1. The molecule has 1 aliphatic heterocycles. The van der Waals surface area contributed by atoms with E-state index in [0.29, 0.717) is 12.1 Å². The number of hydrogen-bond donors (Lipinski definition) is 3. The number of aliphatic hydroxyl groups excluding tert-OH is 1. The molecule has 5 nitrogen and oxygen atoms in total. The summed E-state index contributed by atoms with van der Waals surface area (Å²) in [7, 11) is 2.11. The monoisotopic (exact) mass is 517 g/mol. The molecule has 3 N–H and O–H groups in total. The Morgan fingerprint density at radius 1 is 1.03 bits per heavy atom. The normalized spacial score (nSPS) is 18.0. The van der Waals surface area contributed by atoms with Gasteiger partial charge in [0, 0.05) is 44.0 Å². The minimum atomic E-state index is -0.796. The van der Waals surface area contributed by atoms with Gasteiger partial charge in [0.2, 0.25) is 0 Å². The molecule has 0 radical (unpaired) electrons. The number of benzene rings is 2. The van der Waals surface area contributed by atoms with Gasteiger partial charge in [0.1, 0.15) is 11.6 Å². The number of rotatable bonds is 10. The number of nitrogens with one attached hydrogen (secondary N) is 2. The third kappa shape index (κ3) is 9.32. The van der Waals surface area contributed by atoms with Crippen LogP contribution in [0.25, 0.3) is 0 Å². The molecule has 1 unspecified atom stereocenters. The quantitative estimate of drug-likeness (QED) is 0.371. The number of hydrogen-bond acceptors (Lipinski definition) is 5. The van der Waals surface area contributed by atoms with Gasteiger partial charge in [0.25, 0.3) is 0 Å². The summed E-state index contributed by atoms with van der Waals surface area (Å²) in [5.74, 6) is -1.25. The first kappa shape index (κ1) is 29.5. The molecule has 3 rings (SSSR count). The minimum absolute atomic E-state index is 0.110. The molecule has 0 amide bonds. The van der Waals surface area contributed by atoms with E-state index >= 15 is 0 Å². The summed E-state index contributed by atoms with van der Waals surface area (Å²) in [5.41, 5.74) is 4.09. The average molecular weight is 518 g/mol. The molecule has 37 heavy (non-hydrogen) atoms. The van der Waals surface area contributed by atoms with Gasteiger partial charge in [-0.05, 0) is 80.3 Å². The van der Waals surface area contributed by atoms with Gasteiger partial charge in [-0.3, -0.25) is 5.32 Å². The lowest BCUT2D eigenvalue weighted by atomic mass is 9.86. The molecule has 3 atom stereocenters. The van der Waals surface area contributed by atoms with Crippen LogP contribution in [-0.4, -0.2) is 49.7 Å². The van der Waals surface area contributed by atoms with Crippen molar-refractivity contribution in [3.63, 3.8) is 0 Å². The van der Waals surface area contributed by atoms with E-state index in [1.165, 1.54) is 28.9 Å². The molecule has 0 saturated carbocycles. The van der Waals surface area contributed by atoms with Crippen molar-refractivity contribution >= 4 is 5.69 Å². The highest BCUT2D eigenvalue weighted by molar-refractivity contribution is 5.58. The van der Waals surface area contributed by atoms with Crippen LogP contribution in [0.1, 0.15) is 70.7 Å². The SMILES string of the molecule is CN1CCC(NC[C@@H](O)[C@H](Cc2cc(F)cc(F)c2)NCOC(C)(C)C)c2cc(CC(C)(C)C)ccc21. The van der Waals surface area contributed by atoms with Gasteiger partial charge in [-0.2, -0.15) is 0 Å². The van der Waals surface area contributed by atoms with E-state index in [0.717, 1.165) is 25.5 Å². The first-order valence-corrected chi connectivity index (χ1v) is 13.3. The van der Waals surface area contributed by atoms with Gasteiger partial charge >= 0.3 is 0 Å². The Morgan fingerprint density at radius 2 is 1.70 bits per heavy atom. The van der Waals surface area contributed by atoms with Crippen molar-refractivity contribution in [2.75, 3.05) is 31.8 Å². The summed E-state index contributed by atoms with van der Waals surface area (Å²) >= 11 is 0. The van der Waals surface area contributed by atoms with Crippen LogP contribution >= 0.6 is 0 Å². The predicted octanol–water partition coefficient (Wildman–Crippen LogP) is 5.36. The van der Waals surface area contributed by atoms with Crippen molar-refractivity contribution in [2.45, 2.75) is 84.6 Å². The smallest absolute Gasteiger partial charge is 0.126 e. The number of fused-ring (bicyclic) bond motifs is 1. The molecule has 7 heteroatoms. The fraction of sp³-hybridized carbons (Fsp3) is 0.600. The van der Waals surface area contributed by atoms with Gasteiger partial charge in [0.05, 0.1) is 18.4 Å². The average Bonchev–Trinajstić information content (AvgIpc) is 2.75. The van der Waals surface area contributed by atoms with E-state index in [1.54, 1.807) is 0 Å². The van der Waals surface area contributed by atoms with Gasteiger partial charge in [-0.1, -0.05) is 32.9 Å². The van der Waals surface area contributed by atoms with Crippen LogP contribution < -0.4 is 15.5 Å². The molecule has 0 aliphatic carbocycles. The maximum Gasteiger partial charge on any atom is 0.126 e. The van der Waals surface area contributed by atoms with Crippen molar-refractivity contribution < 1.29 is 18.6 Å². The molecule has 0 spiro atoms. The Kier molecular flexibility index (Phi) is 9.73. The zero-order valence-corrected chi connectivity index (χ0v) is 23.5. The second-order valence-electron chi connectivity index (χ2n) is 12.6. The van der Waals surface area contributed by atoms with E-state index in [9.17, 15) is 13.9 Å². The number of anilines is 1. The fourth-order valence-electron chi connectivity index (χ4n) is 4.86. The van der Waals surface area contributed by atoms with Crippen molar-refractivity contribution in [1.82, 2.24) is 10.6 Å². The van der Waals surface area contributed by atoms with Crippen LogP contribution in [0.2, 0.25) is 0 Å². The maximum absolute atomic E-state index is 13.8.